The van der Waals surface area contributed by atoms with Gasteiger partial charge in [-0.3, -0.25) is 4.79 Å². The number of methoxy groups -OCH3 is 1. The quantitative estimate of drug-likeness (QED) is 0.648. The van der Waals surface area contributed by atoms with Crippen molar-refractivity contribution in [2.45, 2.75) is 19.9 Å². The standard InChI is InChI=1S/C21H23N3O3S/c1-4-27-17-8-6-5-7-16(17)19-18(13(2)22-21(28)24-19)20(25)23-14-9-11-15(26-3)12-10-14/h5-12,19H,4H2,1-3H3,(H,23,25)(H2,22,24,28). The molecule has 146 valence electrons. The first-order chi connectivity index (χ1) is 13.5. The average Bonchev–Trinajstić information content (AvgIpc) is 2.68. The fourth-order valence-corrected chi connectivity index (χ4v) is 3.38. The van der Waals surface area contributed by atoms with Crippen LogP contribution in [0.4, 0.5) is 5.69 Å². The van der Waals surface area contributed by atoms with Crippen LogP contribution in [-0.4, -0.2) is 24.7 Å². The Hall–Kier alpha value is -3.06. The minimum absolute atomic E-state index is 0.221. The number of thiocarbonyl (C=S) groups is 1. The Kier molecular flexibility index (Phi) is 6.16. The minimum Gasteiger partial charge on any atom is -0.497 e. The van der Waals surface area contributed by atoms with Crippen LogP contribution < -0.4 is 25.4 Å². The molecular formula is C21H23N3O3S. The molecule has 3 N–H and O–H groups in total. The summed E-state index contributed by atoms with van der Waals surface area (Å²) < 4.78 is 10.9. The molecule has 0 aliphatic carbocycles. The molecule has 28 heavy (non-hydrogen) atoms. The van der Waals surface area contributed by atoms with E-state index in [1.165, 1.54) is 0 Å². The highest BCUT2D eigenvalue weighted by Gasteiger charge is 2.31. The van der Waals surface area contributed by atoms with Crippen molar-refractivity contribution in [2.75, 3.05) is 19.0 Å². The van der Waals surface area contributed by atoms with Crippen LogP contribution in [0.2, 0.25) is 0 Å². The molecule has 7 heteroatoms. The van der Waals surface area contributed by atoms with E-state index in [-0.39, 0.29) is 5.91 Å². The van der Waals surface area contributed by atoms with Crippen LogP contribution in [-0.2, 0) is 4.79 Å². The number of allylic oxidation sites excluding steroid dienone is 1. The van der Waals surface area contributed by atoms with Gasteiger partial charge in [0.25, 0.3) is 5.91 Å². The number of rotatable bonds is 6. The molecular weight excluding hydrogens is 374 g/mol. The topological polar surface area (TPSA) is 71.6 Å². The van der Waals surface area contributed by atoms with Crippen molar-refractivity contribution in [1.29, 1.82) is 0 Å². The van der Waals surface area contributed by atoms with Gasteiger partial charge in [0.15, 0.2) is 5.11 Å². The number of para-hydroxylation sites is 1. The Labute approximate surface area is 169 Å². The van der Waals surface area contributed by atoms with E-state index in [4.69, 9.17) is 21.7 Å². The van der Waals surface area contributed by atoms with Gasteiger partial charge in [-0.1, -0.05) is 18.2 Å². The number of hydrogen-bond acceptors (Lipinski definition) is 4. The van der Waals surface area contributed by atoms with E-state index < -0.39 is 6.04 Å². The number of ether oxygens (including phenoxy) is 2. The molecule has 3 rings (SSSR count). The Morgan fingerprint density at radius 1 is 1.18 bits per heavy atom. The first kappa shape index (κ1) is 19.7. The van der Waals surface area contributed by atoms with Crippen molar-refractivity contribution in [3.8, 4) is 11.5 Å². The van der Waals surface area contributed by atoms with Gasteiger partial charge in [0.1, 0.15) is 11.5 Å². The van der Waals surface area contributed by atoms with Gasteiger partial charge in [-0.05, 0) is 56.4 Å². The maximum atomic E-state index is 13.1. The normalized spacial score (nSPS) is 16.1. The molecule has 0 spiro atoms. The van der Waals surface area contributed by atoms with Gasteiger partial charge >= 0.3 is 0 Å². The Morgan fingerprint density at radius 3 is 2.57 bits per heavy atom. The number of benzene rings is 2. The summed E-state index contributed by atoms with van der Waals surface area (Å²) in [6, 6.07) is 14.4. The van der Waals surface area contributed by atoms with E-state index in [0.29, 0.717) is 28.7 Å². The predicted octanol–water partition coefficient (Wildman–Crippen LogP) is 3.53. The molecule has 1 atom stereocenters. The van der Waals surface area contributed by atoms with E-state index in [2.05, 4.69) is 16.0 Å². The Balaban J connectivity index is 1.94. The molecule has 1 aliphatic rings. The fourth-order valence-electron chi connectivity index (χ4n) is 3.11. The molecule has 1 aliphatic heterocycles. The second-order valence-corrected chi connectivity index (χ2v) is 6.63. The molecule has 2 aromatic rings. The SMILES string of the molecule is CCOc1ccccc1C1NC(=S)NC(C)=C1C(=O)Nc1ccc(OC)cc1. The molecule has 0 aromatic heterocycles. The lowest BCUT2D eigenvalue weighted by atomic mass is 9.94. The maximum Gasteiger partial charge on any atom is 0.255 e. The Bertz CT molecular complexity index is 909. The van der Waals surface area contributed by atoms with Crippen LogP contribution >= 0.6 is 12.2 Å². The van der Waals surface area contributed by atoms with Gasteiger partial charge in [0, 0.05) is 16.9 Å². The van der Waals surface area contributed by atoms with E-state index in [1.807, 2.05) is 38.1 Å². The average molecular weight is 398 g/mol. The third-order valence-corrected chi connectivity index (χ3v) is 4.61. The van der Waals surface area contributed by atoms with Crippen molar-refractivity contribution in [3.05, 3.63) is 65.4 Å². The number of amides is 1. The number of carbonyl (C=O) groups is 1. The summed E-state index contributed by atoms with van der Waals surface area (Å²) in [5.74, 6) is 1.22. The highest BCUT2D eigenvalue weighted by molar-refractivity contribution is 7.80. The zero-order valence-corrected chi connectivity index (χ0v) is 16.9. The van der Waals surface area contributed by atoms with Crippen LogP contribution in [0, 0.1) is 0 Å². The van der Waals surface area contributed by atoms with Crippen molar-refractivity contribution in [2.24, 2.45) is 0 Å². The largest absolute Gasteiger partial charge is 0.497 e. The summed E-state index contributed by atoms with van der Waals surface area (Å²) in [7, 11) is 1.60. The zero-order chi connectivity index (χ0) is 20.1. The molecule has 0 saturated heterocycles. The summed E-state index contributed by atoms with van der Waals surface area (Å²) in [5.41, 5.74) is 2.78. The molecule has 1 heterocycles. The van der Waals surface area contributed by atoms with Crippen molar-refractivity contribution in [3.63, 3.8) is 0 Å². The van der Waals surface area contributed by atoms with Crippen molar-refractivity contribution < 1.29 is 14.3 Å². The summed E-state index contributed by atoms with van der Waals surface area (Å²) >= 11 is 5.32. The molecule has 2 aromatic carbocycles. The van der Waals surface area contributed by atoms with Gasteiger partial charge in [0.2, 0.25) is 0 Å². The monoisotopic (exact) mass is 397 g/mol. The van der Waals surface area contributed by atoms with Crippen molar-refractivity contribution >= 4 is 28.9 Å². The van der Waals surface area contributed by atoms with Gasteiger partial charge < -0.3 is 25.4 Å². The molecule has 0 saturated carbocycles. The summed E-state index contributed by atoms with van der Waals surface area (Å²) in [4.78, 5) is 13.1. The first-order valence-corrected chi connectivity index (χ1v) is 9.39. The van der Waals surface area contributed by atoms with Gasteiger partial charge in [-0.25, -0.2) is 0 Å². The molecule has 1 unspecified atom stereocenters. The first-order valence-electron chi connectivity index (χ1n) is 8.99. The summed E-state index contributed by atoms with van der Waals surface area (Å²) in [5, 5.41) is 9.65. The Morgan fingerprint density at radius 2 is 1.89 bits per heavy atom. The van der Waals surface area contributed by atoms with Crippen LogP contribution in [0.3, 0.4) is 0 Å². The third-order valence-electron chi connectivity index (χ3n) is 4.39. The number of carbonyl (C=O) groups excluding carboxylic acids is 1. The van der Waals surface area contributed by atoms with Gasteiger partial charge in [-0.15, -0.1) is 0 Å². The van der Waals surface area contributed by atoms with Crippen LogP contribution in [0.1, 0.15) is 25.5 Å². The number of anilines is 1. The lowest BCUT2D eigenvalue weighted by Gasteiger charge is -2.31. The minimum atomic E-state index is -0.422. The smallest absolute Gasteiger partial charge is 0.255 e. The summed E-state index contributed by atoms with van der Waals surface area (Å²) in [6.07, 6.45) is 0. The van der Waals surface area contributed by atoms with Crippen molar-refractivity contribution in [1.82, 2.24) is 10.6 Å². The van der Waals surface area contributed by atoms with E-state index >= 15 is 0 Å². The molecule has 6 nitrogen and oxygen atoms in total. The summed E-state index contributed by atoms with van der Waals surface area (Å²) in [6.45, 7) is 4.30. The fraction of sp³-hybridized carbons (Fsp3) is 0.238. The zero-order valence-electron chi connectivity index (χ0n) is 16.0. The lowest BCUT2D eigenvalue weighted by molar-refractivity contribution is -0.113. The second kappa shape index (κ2) is 8.75. The number of nitrogens with one attached hydrogen (secondary N) is 3. The van der Waals surface area contributed by atoms with Crippen LogP contribution in [0.15, 0.2) is 59.8 Å². The number of hydrogen-bond donors (Lipinski definition) is 3. The highest BCUT2D eigenvalue weighted by atomic mass is 32.1. The van der Waals surface area contributed by atoms with Gasteiger partial charge in [-0.2, -0.15) is 0 Å². The molecule has 1 amide bonds. The molecule has 0 bridgehead atoms. The van der Waals surface area contributed by atoms with Gasteiger partial charge in [0.05, 0.1) is 25.3 Å². The second-order valence-electron chi connectivity index (χ2n) is 6.22. The van der Waals surface area contributed by atoms with Crippen LogP contribution in [0.5, 0.6) is 11.5 Å². The van der Waals surface area contributed by atoms with E-state index in [9.17, 15) is 4.79 Å². The molecule has 0 radical (unpaired) electrons. The lowest BCUT2D eigenvalue weighted by Crippen LogP contribution is -2.45. The predicted molar refractivity (Wildman–Crippen MR) is 114 cm³/mol. The third kappa shape index (κ3) is 4.26. The van der Waals surface area contributed by atoms with E-state index in [1.54, 1.807) is 31.4 Å². The highest BCUT2D eigenvalue weighted by Crippen LogP contribution is 2.33. The van der Waals surface area contributed by atoms with E-state index in [0.717, 1.165) is 17.1 Å². The maximum absolute atomic E-state index is 13.1. The van der Waals surface area contributed by atoms with Crippen LogP contribution in [0.25, 0.3) is 0 Å². The molecule has 0 fully saturated rings.